The molecule has 108 valence electrons. The second-order valence-electron chi connectivity index (χ2n) is 5.11. The van der Waals surface area contributed by atoms with Crippen molar-refractivity contribution in [3.8, 4) is 0 Å². The molecule has 0 aliphatic heterocycles. The Bertz CT molecular complexity index is 778. The number of aromatic nitrogens is 1. The zero-order valence-corrected chi connectivity index (χ0v) is 11.5. The first-order chi connectivity index (χ1) is 10.2. The number of halogens is 2. The quantitative estimate of drug-likeness (QED) is 0.782. The molecule has 0 aliphatic rings. The number of rotatable bonds is 4. The van der Waals surface area contributed by atoms with Gasteiger partial charge in [-0.2, -0.15) is 0 Å². The molecule has 2 N–H and O–H groups in total. The van der Waals surface area contributed by atoms with Gasteiger partial charge in [0, 0.05) is 23.3 Å². The molecule has 0 radical (unpaired) electrons. The highest BCUT2D eigenvalue weighted by Gasteiger charge is 2.07. The second-order valence-corrected chi connectivity index (χ2v) is 5.11. The van der Waals surface area contributed by atoms with Crippen molar-refractivity contribution in [3.05, 3.63) is 71.4 Å². The maximum absolute atomic E-state index is 13.8. The van der Waals surface area contributed by atoms with E-state index in [0.717, 1.165) is 29.0 Å². The van der Waals surface area contributed by atoms with E-state index in [1.165, 1.54) is 12.1 Å². The van der Waals surface area contributed by atoms with E-state index >= 15 is 0 Å². The molecular formula is C17H16F2N2. The molecule has 1 aromatic heterocycles. The molecule has 0 spiro atoms. The van der Waals surface area contributed by atoms with E-state index in [0.29, 0.717) is 18.7 Å². The molecule has 0 saturated heterocycles. The van der Waals surface area contributed by atoms with Crippen LogP contribution < -0.4 is 5.73 Å². The van der Waals surface area contributed by atoms with E-state index in [-0.39, 0.29) is 0 Å². The van der Waals surface area contributed by atoms with Gasteiger partial charge in [0.2, 0.25) is 0 Å². The summed E-state index contributed by atoms with van der Waals surface area (Å²) in [4.78, 5) is 0. The lowest BCUT2D eigenvalue weighted by Crippen LogP contribution is -2.04. The molecule has 2 nitrogen and oxygen atoms in total. The SMILES string of the molecule is NCCc1ccc2ccn(Cc3ccc(F)cc3F)c2c1. The monoisotopic (exact) mass is 286 g/mol. The summed E-state index contributed by atoms with van der Waals surface area (Å²) in [6, 6.07) is 11.8. The fourth-order valence-electron chi connectivity index (χ4n) is 2.52. The number of benzene rings is 2. The van der Waals surface area contributed by atoms with Gasteiger partial charge in [-0.15, -0.1) is 0 Å². The van der Waals surface area contributed by atoms with Gasteiger partial charge in [-0.3, -0.25) is 0 Å². The lowest BCUT2D eigenvalue weighted by Gasteiger charge is -2.08. The molecule has 3 aromatic rings. The lowest BCUT2D eigenvalue weighted by atomic mass is 10.1. The van der Waals surface area contributed by atoms with Crippen molar-refractivity contribution < 1.29 is 8.78 Å². The predicted octanol–water partition coefficient (Wildman–Crippen LogP) is 3.47. The summed E-state index contributed by atoms with van der Waals surface area (Å²) in [5, 5.41) is 1.10. The lowest BCUT2D eigenvalue weighted by molar-refractivity contribution is 0.567. The standard InChI is InChI=1S/C17H16F2N2/c18-15-4-3-14(16(19)10-15)11-21-8-6-13-2-1-12(5-7-20)9-17(13)21/h1-4,6,8-10H,5,7,11,20H2. The van der Waals surface area contributed by atoms with Crippen LogP contribution in [0.15, 0.2) is 48.7 Å². The van der Waals surface area contributed by atoms with Crippen LogP contribution in [0.1, 0.15) is 11.1 Å². The van der Waals surface area contributed by atoms with Gasteiger partial charge in [-0.05, 0) is 42.1 Å². The van der Waals surface area contributed by atoms with Crippen LogP contribution in [0.5, 0.6) is 0 Å². The first kappa shape index (κ1) is 13.8. The van der Waals surface area contributed by atoms with Gasteiger partial charge in [-0.25, -0.2) is 8.78 Å². The highest BCUT2D eigenvalue weighted by molar-refractivity contribution is 5.81. The highest BCUT2D eigenvalue weighted by atomic mass is 19.1. The van der Waals surface area contributed by atoms with Crippen LogP contribution in [0.4, 0.5) is 8.78 Å². The molecule has 0 aliphatic carbocycles. The Balaban J connectivity index is 1.98. The summed E-state index contributed by atoms with van der Waals surface area (Å²) >= 11 is 0. The van der Waals surface area contributed by atoms with E-state index < -0.39 is 11.6 Å². The van der Waals surface area contributed by atoms with Crippen molar-refractivity contribution in [1.82, 2.24) is 4.57 Å². The number of fused-ring (bicyclic) bond motifs is 1. The van der Waals surface area contributed by atoms with Gasteiger partial charge < -0.3 is 10.3 Å². The van der Waals surface area contributed by atoms with Gasteiger partial charge >= 0.3 is 0 Å². The molecule has 3 rings (SSSR count). The number of nitrogens with zero attached hydrogens (tertiary/aromatic N) is 1. The Morgan fingerprint density at radius 2 is 1.86 bits per heavy atom. The van der Waals surface area contributed by atoms with E-state index in [1.54, 1.807) is 0 Å². The van der Waals surface area contributed by atoms with Gasteiger partial charge in [-0.1, -0.05) is 18.2 Å². The topological polar surface area (TPSA) is 30.9 Å². The zero-order chi connectivity index (χ0) is 14.8. The normalized spacial score (nSPS) is 11.2. The van der Waals surface area contributed by atoms with Gasteiger partial charge in [0.25, 0.3) is 0 Å². The summed E-state index contributed by atoms with van der Waals surface area (Å²) in [5.74, 6) is -1.08. The Hall–Kier alpha value is -2.20. The van der Waals surface area contributed by atoms with E-state index in [2.05, 4.69) is 12.1 Å². The van der Waals surface area contributed by atoms with Crippen molar-refractivity contribution in [2.24, 2.45) is 5.73 Å². The number of nitrogens with two attached hydrogens (primary N) is 1. The smallest absolute Gasteiger partial charge is 0.131 e. The van der Waals surface area contributed by atoms with Crippen LogP contribution >= 0.6 is 0 Å². The largest absolute Gasteiger partial charge is 0.343 e. The first-order valence-electron chi connectivity index (χ1n) is 6.89. The molecule has 21 heavy (non-hydrogen) atoms. The first-order valence-corrected chi connectivity index (χ1v) is 6.89. The minimum absolute atomic E-state index is 0.377. The number of hydrogen-bond donors (Lipinski definition) is 1. The maximum atomic E-state index is 13.8. The highest BCUT2D eigenvalue weighted by Crippen LogP contribution is 2.20. The summed E-state index contributed by atoms with van der Waals surface area (Å²) in [6.45, 7) is 0.973. The minimum atomic E-state index is -0.557. The van der Waals surface area contributed by atoms with Gasteiger partial charge in [0.15, 0.2) is 0 Å². The average molecular weight is 286 g/mol. The summed E-state index contributed by atoms with van der Waals surface area (Å²) in [5.41, 5.74) is 8.24. The van der Waals surface area contributed by atoms with Crippen molar-refractivity contribution in [2.45, 2.75) is 13.0 Å². The molecule has 2 aromatic carbocycles. The Kier molecular flexibility index (Phi) is 3.71. The second kappa shape index (κ2) is 5.66. The van der Waals surface area contributed by atoms with E-state index in [4.69, 9.17) is 5.73 Å². The van der Waals surface area contributed by atoms with E-state index in [9.17, 15) is 8.78 Å². The fourth-order valence-corrected chi connectivity index (χ4v) is 2.52. The molecule has 0 fully saturated rings. The number of hydrogen-bond acceptors (Lipinski definition) is 1. The zero-order valence-electron chi connectivity index (χ0n) is 11.5. The molecule has 0 bridgehead atoms. The molecule has 1 heterocycles. The van der Waals surface area contributed by atoms with Crippen LogP contribution in [-0.4, -0.2) is 11.1 Å². The maximum Gasteiger partial charge on any atom is 0.131 e. The summed E-state index contributed by atoms with van der Waals surface area (Å²) < 4.78 is 28.7. The molecule has 0 atom stereocenters. The van der Waals surface area contributed by atoms with Gasteiger partial charge in [0.05, 0.1) is 6.54 Å². The third kappa shape index (κ3) is 2.81. The van der Waals surface area contributed by atoms with Gasteiger partial charge in [0.1, 0.15) is 11.6 Å². The molecule has 0 amide bonds. The fraction of sp³-hybridized carbons (Fsp3) is 0.176. The Morgan fingerprint density at radius 1 is 1.00 bits per heavy atom. The summed E-state index contributed by atoms with van der Waals surface area (Å²) in [7, 11) is 0. The average Bonchev–Trinajstić information content (AvgIpc) is 2.85. The Morgan fingerprint density at radius 3 is 2.62 bits per heavy atom. The molecule has 0 saturated carbocycles. The van der Waals surface area contributed by atoms with Crippen molar-refractivity contribution in [3.63, 3.8) is 0 Å². The van der Waals surface area contributed by atoms with E-state index in [1.807, 2.05) is 22.9 Å². The van der Waals surface area contributed by atoms with Crippen molar-refractivity contribution in [2.75, 3.05) is 6.54 Å². The van der Waals surface area contributed by atoms with Crippen LogP contribution in [0.2, 0.25) is 0 Å². The van der Waals surface area contributed by atoms with Crippen LogP contribution in [-0.2, 0) is 13.0 Å². The third-order valence-corrected chi connectivity index (χ3v) is 3.63. The predicted molar refractivity (Wildman–Crippen MR) is 80.2 cm³/mol. The van der Waals surface area contributed by atoms with Crippen molar-refractivity contribution in [1.29, 1.82) is 0 Å². The van der Waals surface area contributed by atoms with Crippen molar-refractivity contribution >= 4 is 10.9 Å². The molecule has 0 unspecified atom stereocenters. The molecule has 4 heteroatoms. The van der Waals surface area contributed by atoms with Crippen LogP contribution in [0.3, 0.4) is 0 Å². The molecular weight excluding hydrogens is 270 g/mol. The Labute approximate surface area is 121 Å². The van der Waals surface area contributed by atoms with Crippen LogP contribution in [0.25, 0.3) is 10.9 Å². The minimum Gasteiger partial charge on any atom is -0.343 e. The third-order valence-electron chi connectivity index (χ3n) is 3.63. The van der Waals surface area contributed by atoms with Crippen LogP contribution in [0, 0.1) is 11.6 Å². The summed E-state index contributed by atoms with van der Waals surface area (Å²) in [6.07, 6.45) is 2.73.